The van der Waals surface area contributed by atoms with Crippen molar-refractivity contribution in [2.24, 2.45) is 5.92 Å². The number of fused-ring (bicyclic) bond motifs is 1. The summed E-state index contributed by atoms with van der Waals surface area (Å²) < 4.78 is 15.2. The van der Waals surface area contributed by atoms with Gasteiger partial charge in [-0.05, 0) is 49.4 Å². The lowest BCUT2D eigenvalue weighted by molar-refractivity contribution is -0.120. The first-order valence-electron chi connectivity index (χ1n) is 9.66. The molecule has 6 heteroatoms. The van der Waals surface area contributed by atoms with Crippen molar-refractivity contribution in [3.05, 3.63) is 77.4 Å². The first-order valence-corrected chi connectivity index (χ1v) is 9.66. The molecule has 1 aromatic heterocycles. The van der Waals surface area contributed by atoms with Crippen LogP contribution in [0.1, 0.15) is 48.0 Å². The fourth-order valence-electron chi connectivity index (χ4n) is 4.01. The monoisotopic (exact) mass is 376 g/mol. The summed E-state index contributed by atoms with van der Waals surface area (Å²) in [6.45, 7) is 2.05. The lowest BCUT2D eigenvalue weighted by Gasteiger charge is -2.39. The van der Waals surface area contributed by atoms with E-state index < -0.39 is 0 Å². The minimum Gasteiger partial charge on any atom is -0.274 e. The quantitative estimate of drug-likeness (QED) is 0.688. The number of rotatable bonds is 3. The highest BCUT2D eigenvalue weighted by atomic mass is 19.1. The molecular weight excluding hydrogens is 355 g/mol. The number of hydrogen-bond donors (Lipinski definition) is 0. The number of hydrogen-bond acceptors (Lipinski definition) is 3. The van der Waals surface area contributed by atoms with Crippen molar-refractivity contribution in [1.29, 1.82) is 0 Å². The van der Waals surface area contributed by atoms with Crippen molar-refractivity contribution < 1.29 is 9.18 Å². The Labute approximate surface area is 162 Å². The van der Waals surface area contributed by atoms with Crippen LogP contribution < -0.4 is 4.90 Å². The van der Waals surface area contributed by atoms with Crippen molar-refractivity contribution in [1.82, 2.24) is 14.8 Å². The molecule has 0 radical (unpaired) electrons. The fourth-order valence-corrected chi connectivity index (χ4v) is 4.01. The number of benzene rings is 2. The average Bonchev–Trinajstić information content (AvgIpc) is 3.44. The second-order valence-electron chi connectivity index (χ2n) is 7.72. The second kappa shape index (κ2) is 6.55. The third-order valence-electron chi connectivity index (χ3n) is 5.70. The Kier molecular flexibility index (Phi) is 4.00. The van der Waals surface area contributed by atoms with Gasteiger partial charge in [0, 0.05) is 5.92 Å². The van der Waals surface area contributed by atoms with Gasteiger partial charge in [-0.1, -0.05) is 42.0 Å². The van der Waals surface area contributed by atoms with Gasteiger partial charge in [-0.15, -0.1) is 0 Å². The SMILES string of the molecule is Cc1ccc([C@@H]2C[C@@H](c3ccc(F)cc3)n3ncnc3N2C(=O)C2CC2)cc1. The molecule has 1 fully saturated rings. The van der Waals surface area contributed by atoms with Crippen molar-refractivity contribution in [3.63, 3.8) is 0 Å². The lowest BCUT2D eigenvalue weighted by Crippen LogP contribution is -2.43. The smallest absolute Gasteiger partial charge is 0.233 e. The zero-order valence-electron chi connectivity index (χ0n) is 15.6. The van der Waals surface area contributed by atoms with E-state index in [4.69, 9.17) is 0 Å². The molecule has 1 saturated carbocycles. The molecule has 2 aliphatic rings. The highest BCUT2D eigenvalue weighted by Gasteiger charge is 2.44. The van der Waals surface area contributed by atoms with E-state index in [9.17, 15) is 9.18 Å². The van der Waals surface area contributed by atoms with Gasteiger partial charge in [0.05, 0.1) is 12.1 Å². The largest absolute Gasteiger partial charge is 0.274 e. The molecule has 28 heavy (non-hydrogen) atoms. The molecule has 2 atom stereocenters. The van der Waals surface area contributed by atoms with E-state index in [0.29, 0.717) is 12.4 Å². The molecule has 5 rings (SSSR count). The third kappa shape index (κ3) is 2.89. The maximum Gasteiger partial charge on any atom is 0.233 e. The van der Waals surface area contributed by atoms with Crippen LogP contribution in [0.15, 0.2) is 54.9 Å². The topological polar surface area (TPSA) is 51.0 Å². The highest BCUT2D eigenvalue weighted by Crippen LogP contribution is 2.44. The lowest BCUT2D eigenvalue weighted by atomic mass is 9.91. The van der Waals surface area contributed by atoms with Crippen LogP contribution in [0.25, 0.3) is 0 Å². The third-order valence-corrected chi connectivity index (χ3v) is 5.70. The summed E-state index contributed by atoms with van der Waals surface area (Å²) in [6, 6.07) is 14.6. The average molecular weight is 376 g/mol. The van der Waals surface area contributed by atoms with Crippen molar-refractivity contribution in [3.8, 4) is 0 Å². The Hall–Kier alpha value is -3.02. The first-order chi connectivity index (χ1) is 13.6. The van der Waals surface area contributed by atoms with Gasteiger partial charge in [0.25, 0.3) is 0 Å². The van der Waals surface area contributed by atoms with Gasteiger partial charge in [0.2, 0.25) is 11.9 Å². The van der Waals surface area contributed by atoms with Crippen LogP contribution in [0.4, 0.5) is 10.3 Å². The first kappa shape index (κ1) is 17.1. The Bertz CT molecular complexity index is 1010. The normalized spacial score (nSPS) is 21.4. The van der Waals surface area contributed by atoms with Crippen molar-refractivity contribution in [2.45, 2.75) is 38.3 Å². The van der Waals surface area contributed by atoms with E-state index in [0.717, 1.165) is 24.0 Å². The van der Waals surface area contributed by atoms with Crippen LogP contribution in [-0.4, -0.2) is 20.7 Å². The Balaban J connectivity index is 1.62. The van der Waals surface area contributed by atoms with Gasteiger partial charge in [-0.25, -0.2) is 9.07 Å². The molecule has 0 saturated heterocycles. The van der Waals surface area contributed by atoms with Gasteiger partial charge in [-0.3, -0.25) is 9.69 Å². The predicted octanol–water partition coefficient (Wildman–Crippen LogP) is 4.20. The molecule has 0 unspecified atom stereocenters. The Morgan fingerprint density at radius 3 is 2.32 bits per heavy atom. The van der Waals surface area contributed by atoms with E-state index in [1.54, 1.807) is 16.8 Å². The summed E-state index contributed by atoms with van der Waals surface area (Å²) in [4.78, 5) is 19.4. The number of carbonyl (C=O) groups excluding carboxylic acids is 1. The van der Waals surface area contributed by atoms with Crippen molar-refractivity contribution in [2.75, 3.05) is 4.90 Å². The molecule has 3 aromatic rings. The highest BCUT2D eigenvalue weighted by molar-refractivity contribution is 5.96. The molecule has 1 aliphatic heterocycles. The van der Waals surface area contributed by atoms with Crippen LogP contribution in [0, 0.1) is 18.7 Å². The molecule has 5 nitrogen and oxygen atoms in total. The van der Waals surface area contributed by atoms with E-state index >= 15 is 0 Å². The van der Waals surface area contributed by atoms with Gasteiger partial charge >= 0.3 is 0 Å². The minimum absolute atomic E-state index is 0.0838. The summed E-state index contributed by atoms with van der Waals surface area (Å²) in [5.41, 5.74) is 3.22. The van der Waals surface area contributed by atoms with Gasteiger partial charge < -0.3 is 0 Å². The van der Waals surface area contributed by atoms with E-state index in [1.165, 1.54) is 24.0 Å². The summed E-state index contributed by atoms with van der Waals surface area (Å²) >= 11 is 0. The van der Waals surface area contributed by atoms with Gasteiger partial charge in [0.15, 0.2) is 0 Å². The molecule has 0 N–H and O–H groups in total. The number of carbonyl (C=O) groups is 1. The molecule has 0 bridgehead atoms. The predicted molar refractivity (Wildman–Crippen MR) is 103 cm³/mol. The minimum atomic E-state index is -0.265. The molecule has 2 heterocycles. The summed E-state index contributed by atoms with van der Waals surface area (Å²) in [5, 5.41) is 4.41. The maximum absolute atomic E-state index is 13.4. The molecule has 0 spiro atoms. The maximum atomic E-state index is 13.4. The van der Waals surface area contributed by atoms with Crippen LogP contribution in [0.3, 0.4) is 0 Å². The standard InChI is InChI=1S/C22H21FN4O/c1-14-2-4-15(5-3-14)19-12-20(16-8-10-18(23)11-9-16)27-22(24-13-25-27)26(19)21(28)17-6-7-17/h2-5,8-11,13,17,19-20H,6-7,12H2,1H3/t19-,20-/m0/s1. The van der Waals surface area contributed by atoms with E-state index in [2.05, 4.69) is 41.3 Å². The van der Waals surface area contributed by atoms with Gasteiger partial charge in [-0.2, -0.15) is 10.1 Å². The number of aryl methyl sites for hydroxylation is 1. The van der Waals surface area contributed by atoms with Crippen LogP contribution in [0.5, 0.6) is 0 Å². The summed E-state index contributed by atoms with van der Waals surface area (Å²) in [6.07, 6.45) is 4.04. The van der Waals surface area contributed by atoms with Crippen LogP contribution in [0.2, 0.25) is 0 Å². The summed E-state index contributed by atoms with van der Waals surface area (Å²) in [5.74, 6) is 0.514. The van der Waals surface area contributed by atoms with E-state index in [-0.39, 0.29) is 29.7 Å². The Morgan fingerprint density at radius 1 is 1.00 bits per heavy atom. The second-order valence-corrected chi connectivity index (χ2v) is 7.72. The Morgan fingerprint density at radius 2 is 1.64 bits per heavy atom. The molecule has 142 valence electrons. The van der Waals surface area contributed by atoms with E-state index in [1.807, 2.05) is 4.90 Å². The molecule has 1 amide bonds. The number of nitrogens with zero attached hydrogens (tertiary/aromatic N) is 4. The van der Waals surface area contributed by atoms with Crippen LogP contribution >= 0.6 is 0 Å². The zero-order chi connectivity index (χ0) is 19.3. The van der Waals surface area contributed by atoms with Crippen molar-refractivity contribution >= 4 is 11.9 Å². The number of aromatic nitrogens is 3. The number of anilines is 1. The number of halogens is 1. The summed E-state index contributed by atoms with van der Waals surface area (Å²) in [7, 11) is 0. The number of amides is 1. The fraction of sp³-hybridized carbons (Fsp3) is 0.318. The molecule has 1 aliphatic carbocycles. The van der Waals surface area contributed by atoms with Crippen LogP contribution in [-0.2, 0) is 4.79 Å². The zero-order valence-corrected chi connectivity index (χ0v) is 15.6. The molecule has 2 aromatic carbocycles. The van der Waals surface area contributed by atoms with Gasteiger partial charge in [0.1, 0.15) is 12.1 Å². The molecular formula is C22H21FN4O.